The maximum Gasteiger partial charge on any atom is 0.149 e. The second-order valence-electron chi connectivity index (χ2n) is 5.33. The van der Waals surface area contributed by atoms with Gasteiger partial charge in [0.05, 0.1) is 11.4 Å². The first-order chi connectivity index (χ1) is 9.56. The molecule has 0 bridgehead atoms. The van der Waals surface area contributed by atoms with Crippen molar-refractivity contribution in [2.24, 2.45) is 5.92 Å². The van der Waals surface area contributed by atoms with Crippen molar-refractivity contribution in [3.8, 4) is 10.6 Å². The van der Waals surface area contributed by atoms with Gasteiger partial charge in [-0.2, -0.15) is 10.2 Å². The number of nitrogens with zero attached hydrogens (tertiary/aromatic N) is 4. The average molecular weight is 291 g/mol. The summed E-state index contributed by atoms with van der Waals surface area (Å²) in [5.74, 6) is 0.675. The fourth-order valence-corrected chi connectivity index (χ4v) is 2.72. The highest BCUT2D eigenvalue weighted by molar-refractivity contribution is 7.14. The molecule has 0 amide bonds. The molecule has 6 heteroatoms. The van der Waals surface area contributed by atoms with Crippen LogP contribution in [0.3, 0.4) is 0 Å². The van der Waals surface area contributed by atoms with E-state index >= 15 is 0 Å². The van der Waals surface area contributed by atoms with Crippen molar-refractivity contribution in [1.29, 1.82) is 0 Å². The maximum atomic E-state index is 4.28. The molecule has 0 saturated heterocycles. The van der Waals surface area contributed by atoms with Crippen LogP contribution < -0.4 is 5.32 Å². The van der Waals surface area contributed by atoms with Gasteiger partial charge in [-0.15, -0.1) is 10.2 Å². The van der Waals surface area contributed by atoms with Crippen LogP contribution in [0.15, 0.2) is 6.07 Å². The molecule has 5 nitrogen and oxygen atoms in total. The van der Waals surface area contributed by atoms with Crippen molar-refractivity contribution in [2.75, 3.05) is 13.1 Å². The highest BCUT2D eigenvalue weighted by atomic mass is 32.1. The zero-order chi connectivity index (χ0) is 14.5. The Balaban J connectivity index is 2.00. The third-order valence-corrected chi connectivity index (χ3v) is 3.88. The van der Waals surface area contributed by atoms with Crippen LogP contribution >= 0.6 is 11.3 Å². The Labute approximate surface area is 123 Å². The van der Waals surface area contributed by atoms with Crippen LogP contribution in [0.2, 0.25) is 0 Å². The summed E-state index contributed by atoms with van der Waals surface area (Å²) in [6.45, 7) is 10.3. The molecule has 0 aliphatic carbocycles. The highest BCUT2D eigenvalue weighted by Crippen LogP contribution is 2.25. The first kappa shape index (κ1) is 15.0. The van der Waals surface area contributed by atoms with Gasteiger partial charge < -0.3 is 5.32 Å². The fraction of sp³-hybridized carbons (Fsp3) is 0.571. The lowest BCUT2D eigenvalue weighted by Gasteiger charge is -2.05. The van der Waals surface area contributed by atoms with Crippen LogP contribution in [0.4, 0.5) is 0 Å². The van der Waals surface area contributed by atoms with Gasteiger partial charge in [0.1, 0.15) is 10.0 Å². The van der Waals surface area contributed by atoms with E-state index in [-0.39, 0.29) is 0 Å². The number of rotatable bonds is 6. The molecule has 1 N–H and O–H groups in total. The summed E-state index contributed by atoms with van der Waals surface area (Å²) in [7, 11) is 0. The quantitative estimate of drug-likeness (QED) is 0.828. The lowest BCUT2D eigenvalue weighted by Crippen LogP contribution is -2.22. The summed E-state index contributed by atoms with van der Waals surface area (Å²) in [5, 5.41) is 22.1. The van der Waals surface area contributed by atoms with Gasteiger partial charge in [0.25, 0.3) is 0 Å². The van der Waals surface area contributed by atoms with Gasteiger partial charge in [-0.25, -0.2) is 0 Å². The van der Waals surface area contributed by atoms with Crippen LogP contribution in [0, 0.1) is 19.8 Å². The van der Waals surface area contributed by atoms with E-state index < -0.39 is 0 Å². The Kier molecular flexibility index (Phi) is 5.14. The third kappa shape index (κ3) is 4.05. The first-order valence-corrected chi connectivity index (χ1v) is 7.72. The third-order valence-electron chi connectivity index (χ3n) is 2.87. The summed E-state index contributed by atoms with van der Waals surface area (Å²) < 4.78 is 0. The van der Waals surface area contributed by atoms with Gasteiger partial charge in [-0.3, -0.25) is 0 Å². The zero-order valence-corrected chi connectivity index (χ0v) is 13.3. The van der Waals surface area contributed by atoms with E-state index in [2.05, 4.69) is 39.6 Å². The summed E-state index contributed by atoms with van der Waals surface area (Å²) >= 11 is 1.64. The highest BCUT2D eigenvalue weighted by Gasteiger charge is 2.10. The molecule has 2 aromatic heterocycles. The Morgan fingerprint density at radius 2 is 1.95 bits per heavy atom. The van der Waals surface area contributed by atoms with Crippen LogP contribution in [-0.2, 0) is 6.42 Å². The van der Waals surface area contributed by atoms with Gasteiger partial charge in [0.15, 0.2) is 0 Å². The molecular weight excluding hydrogens is 270 g/mol. The van der Waals surface area contributed by atoms with Gasteiger partial charge in [0.2, 0.25) is 0 Å². The molecule has 0 aliphatic heterocycles. The van der Waals surface area contributed by atoms with Crippen LogP contribution in [0.5, 0.6) is 0 Å². The fourth-order valence-electron chi connectivity index (χ4n) is 1.82. The molecule has 2 aromatic rings. The van der Waals surface area contributed by atoms with Gasteiger partial charge in [0, 0.05) is 18.5 Å². The van der Waals surface area contributed by atoms with Crippen molar-refractivity contribution < 1.29 is 0 Å². The molecule has 2 rings (SSSR count). The van der Waals surface area contributed by atoms with Gasteiger partial charge in [-0.05, 0) is 32.4 Å². The van der Waals surface area contributed by atoms with Crippen molar-refractivity contribution >= 4 is 11.3 Å². The molecule has 0 radical (unpaired) electrons. The minimum absolute atomic E-state index is 0.675. The van der Waals surface area contributed by atoms with E-state index in [0.717, 1.165) is 46.5 Å². The van der Waals surface area contributed by atoms with Gasteiger partial charge in [-0.1, -0.05) is 25.2 Å². The molecule has 2 heterocycles. The zero-order valence-electron chi connectivity index (χ0n) is 12.5. The van der Waals surface area contributed by atoms with Crippen LogP contribution in [0.25, 0.3) is 10.6 Å². The standard InChI is InChI=1S/C14H21N5S/c1-9(2)8-15-6-5-13-18-19-14(20-13)12-7-10(3)16-17-11(12)4/h7,9,15H,5-6,8H2,1-4H3. The SMILES string of the molecule is Cc1cc(-c2nnc(CCNCC(C)C)s2)c(C)nn1. The number of hydrogen-bond donors (Lipinski definition) is 1. The Hall–Kier alpha value is -1.40. The predicted octanol–water partition coefficient (Wildman–Crippen LogP) is 2.40. The van der Waals surface area contributed by atoms with E-state index in [1.54, 1.807) is 11.3 Å². The second kappa shape index (κ2) is 6.85. The summed E-state index contributed by atoms with van der Waals surface area (Å²) in [6.07, 6.45) is 0.918. The normalized spacial score (nSPS) is 11.2. The van der Waals surface area contributed by atoms with E-state index in [9.17, 15) is 0 Å². The molecular formula is C14H21N5S. The van der Waals surface area contributed by atoms with Crippen LogP contribution in [-0.4, -0.2) is 33.5 Å². The van der Waals surface area contributed by atoms with E-state index in [1.165, 1.54) is 0 Å². The smallest absolute Gasteiger partial charge is 0.149 e. The lowest BCUT2D eigenvalue weighted by atomic mass is 10.2. The largest absolute Gasteiger partial charge is 0.316 e. The molecule has 0 unspecified atom stereocenters. The molecule has 0 saturated carbocycles. The van der Waals surface area contributed by atoms with Crippen molar-refractivity contribution in [1.82, 2.24) is 25.7 Å². The molecule has 0 atom stereocenters. The molecule has 0 spiro atoms. The number of aryl methyl sites for hydroxylation is 2. The monoisotopic (exact) mass is 291 g/mol. The maximum absolute atomic E-state index is 4.28. The molecule has 108 valence electrons. The average Bonchev–Trinajstić information content (AvgIpc) is 2.86. The molecule has 0 aliphatic rings. The van der Waals surface area contributed by atoms with Crippen molar-refractivity contribution in [2.45, 2.75) is 34.1 Å². The summed E-state index contributed by atoms with van der Waals surface area (Å²) in [5.41, 5.74) is 2.84. The topological polar surface area (TPSA) is 63.6 Å². The molecule has 20 heavy (non-hydrogen) atoms. The number of hydrogen-bond acceptors (Lipinski definition) is 6. The minimum Gasteiger partial charge on any atom is -0.316 e. The number of aromatic nitrogens is 4. The predicted molar refractivity (Wildman–Crippen MR) is 81.8 cm³/mol. The summed E-state index contributed by atoms with van der Waals surface area (Å²) in [4.78, 5) is 0. The molecule has 0 aromatic carbocycles. The summed E-state index contributed by atoms with van der Waals surface area (Å²) in [6, 6.07) is 2.02. The Bertz CT molecular complexity index is 564. The van der Waals surface area contributed by atoms with Crippen molar-refractivity contribution in [3.63, 3.8) is 0 Å². The van der Waals surface area contributed by atoms with Crippen LogP contribution in [0.1, 0.15) is 30.2 Å². The Morgan fingerprint density at radius 1 is 1.15 bits per heavy atom. The number of nitrogens with one attached hydrogen (secondary N) is 1. The van der Waals surface area contributed by atoms with Gasteiger partial charge >= 0.3 is 0 Å². The Morgan fingerprint density at radius 3 is 2.70 bits per heavy atom. The molecule has 0 fully saturated rings. The van der Waals surface area contributed by atoms with Crippen molar-refractivity contribution in [3.05, 3.63) is 22.5 Å². The minimum atomic E-state index is 0.675. The van der Waals surface area contributed by atoms with E-state index in [4.69, 9.17) is 0 Å². The first-order valence-electron chi connectivity index (χ1n) is 6.90. The lowest BCUT2D eigenvalue weighted by molar-refractivity contribution is 0.553. The van der Waals surface area contributed by atoms with E-state index in [1.807, 2.05) is 19.9 Å². The second-order valence-corrected chi connectivity index (χ2v) is 6.40. The van der Waals surface area contributed by atoms with E-state index in [0.29, 0.717) is 5.92 Å².